The lowest BCUT2D eigenvalue weighted by Gasteiger charge is -2.08. The summed E-state index contributed by atoms with van der Waals surface area (Å²) in [6.45, 7) is 0.787. The van der Waals surface area contributed by atoms with E-state index < -0.39 is 0 Å². The molecule has 0 amide bonds. The van der Waals surface area contributed by atoms with Crippen LogP contribution in [-0.2, 0) is 6.54 Å². The van der Waals surface area contributed by atoms with E-state index in [4.69, 9.17) is 11.6 Å². The van der Waals surface area contributed by atoms with Crippen molar-refractivity contribution in [3.8, 4) is 0 Å². The molecule has 3 heteroatoms. The molecule has 18 heavy (non-hydrogen) atoms. The third-order valence-electron chi connectivity index (χ3n) is 2.99. The standard InChI is InChI=1S/C15H13ClN2/c16-12-4-2-5-13(9-12)18-10-11-3-1-6-15-14(11)7-8-17-15/h1-9,17-18H,10H2. The van der Waals surface area contributed by atoms with E-state index in [0.29, 0.717) is 0 Å². The van der Waals surface area contributed by atoms with Gasteiger partial charge in [-0.05, 0) is 35.9 Å². The highest BCUT2D eigenvalue weighted by Crippen LogP contribution is 2.20. The smallest absolute Gasteiger partial charge is 0.0457 e. The zero-order chi connectivity index (χ0) is 12.4. The number of aromatic amines is 1. The minimum Gasteiger partial charge on any atom is -0.381 e. The number of nitrogens with one attached hydrogen (secondary N) is 2. The molecule has 0 fully saturated rings. The van der Waals surface area contributed by atoms with Gasteiger partial charge in [0.2, 0.25) is 0 Å². The van der Waals surface area contributed by atoms with Gasteiger partial charge in [-0.25, -0.2) is 0 Å². The van der Waals surface area contributed by atoms with Crippen LogP contribution in [0.25, 0.3) is 10.9 Å². The Labute approximate surface area is 111 Å². The number of aromatic nitrogens is 1. The highest BCUT2D eigenvalue weighted by atomic mass is 35.5. The van der Waals surface area contributed by atoms with Crippen LogP contribution >= 0.6 is 11.6 Å². The van der Waals surface area contributed by atoms with E-state index >= 15 is 0 Å². The molecule has 0 unspecified atom stereocenters. The molecule has 0 aliphatic rings. The van der Waals surface area contributed by atoms with Gasteiger partial charge in [0, 0.05) is 34.4 Å². The molecule has 3 aromatic rings. The minimum atomic E-state index is 0.750. The molecule has 0 atom stereocenters. The lowest BCUT2D eigenvalue weighted by Crippen LogP contribution is -1.99. The predicted octanol–water partition coefficient (Wildman–Crippen LogP) is 4.43. The van der Waals surface area contributed by atoms with E-state index in [1.807, 2.05) is 30.5 Å². The number of anilines is 1. The lowest BCUT2D eigenvalue weighted by molar-refractivity contribution is 1.17. The summed E-state index contributed by atoms with van der Waals surface area (Å²) >= 11 is 5.96. The molecule has 2 N–H and O–H groups in total. The summed E-state index contributed by atoms with van der Waals surface area (Å²) in [5, 5.41) is 5.39. The Bertz CT molecular complexity index is 673. The van der Waals surface area contributed by atoms with E-state index in [1.165, 1.54) is 16.5 Å². The number of hydrogen-bond acceptors (Lipinski definition) is 1. The van der Waals surface area contributed by atoms with Gasteiger partial charge < -0.3 is 10.3 Å². The van der Waals surface area contributed by atoms with Gasteiger partial charge in [0.05, 0.1) is 0 Å². The van der Waals surface area contributed by atoms with Crippen molar-refractivity contribution < 1.29 is 0 Å². The van der Waals surface area contributed by atoms with Crippen molar-refractivity contribution in [3.05, 3.63) is 65.3 Å². The van der Waals surface area contributed by atoms with Gasteiger partial charge in [-0.2, -0.15) is 0 Å². The molecule has 0 saturated carbocycles. The number of hydrogen-bond donors (Lipinski definition) is 2. The average molecular weight is 257 g/mol. The molecule has 1 heterocycles. The Balaban J connectivity index is 1.83. The van der Waals surface area contributed by atoms with Crippen molar-refractivity contribution in [3.63, 3.8) is 0 Å². The Morgan fingerprint density at radius 3 is 2.83 bits per heavy atom. The molecule has 0 spiro atoms. The molecule has 0 aliphatic carbocycles. The van der Waals surface area contributed by atoms with Gasteiger partial charge in [0.1, 0.15) is 0 Å². The molecule has 2 aromatic carbocycles. The first-order valence-corrected chi connectivity index (χ1v) is 6.25. The van der Waals surface area contributed by atoms with E-state index in [9.17, 15) is 0 Å². The van der Waals surface area contributed by atoms with E-state index in [-0.39, 0.29) is 0 Å². The van der Waals surface area contributed by atoms with Crippen LogP contribution in [0.1, 0.15) is 5.56 Å². The molecule has 0 aliphatic heterocycles. The first kappa shape index (κ1) is 11.2. The van der Waals surface area contributed by atoms with Gasteiger partial charge >= 0.3 is 0 Å². The Kier molecular flexibility index (Phi) is 2.95. The Morgan fingerprint density at radius 2 is 1.94 bits per heavy atom. The largest absolute Gasteiger partial charge is 0.381 e. The predicted molar refractivity (Wildman–Crippen MR) is 77.1 cm³/mol. The van der Waals surface area contributed by atoms with Gasteiger partial charge in [0.25, 0.3) is 0 Å². The zero-order valence-corrected chi connectivity index (χ0v) is 10.5. The first-order chi connectivity index (χ1) is 8.83. The van der Waals surface area contributed by atoms with Gasteiger partial charge in [-0.1, -0.05) is 29.8 Å². The molecular weight excluding hydrogens is 244 g/mol. The second-order valence-electron chi connectivity index (χ2n) is 4.22. The summed E-state index contributed by atoms with van der Waals surface area (Å²) in [7, 11) is 0. The van der Waals surface area contributed by atoms with Crippen LogP contribution in [-0.4, -0.2) is 4.98 Å². The number of rotatable bonds is 3. The van der Waals surface area contributed by atoms with Gasteiger partial charge in [-0.15, -0.1) is 0 Å². The maximum Gasteiger partial charge on any atom is 0.0457 e. The third-order valence-corrected chi connectivity index (χ3v) is 3.23. The Morgan fingerprint density at radius 1 is 1.06 bits per heavy atom. The van der Waals surface area contributed by atoms with Gasteiger partial charge in [0.15, 0.2) is 0 Å². The number of H-pyrrole nitrogens is 1. The fourth-order valence-corrected chi connectivity index (χ4v) is 2.29. The third kappa shape index (κ3) is 2.20. The molecule has 2 nitrogen and oxygen atoms in total. The van der Waals surface area contributed by atoms with Crippen molar-refractivity contribution in [2.75, 3.05) is 5.32 Å². The fraction of sp³-hybridized carbons (Fsp3) is 0.0667. The molecular formula is C15H13ClN2. The summed E-state index contributed by atoms with van der Waals surface area (Å²) in [4.78, 5) is 3.22. The second kappa shape index (κ2) is 4.75. The summed E-state index contributed by atoms with van der Waals surface area (Å²) < 4.78 is 0. The highest BCUT2D eigenvalue weighted by molar-refractivity contribution is 6.30. The van der Waals surface area contributed by atoms with Crippen molar-refractivity contribution in [1.82, 2.24) is 4.98 Å². The fourth-order valence-electron chi connectivity index (χ4n) is 2.10. The van der Waals surface area contributed by atoms with Crippen molar-refractivity contribution in [2.24, 2.45) is 0 Å². The van der Waals surface area contributed by atoms with Crippen LogP contribution in [0.3, 0.4) is 0 Å². The van der Waals surface area contributed by atoms with Crippen molar-refractivity contribution in [2.45, 2.75) is 6.54 Å². The molecule has 0 saturated heterocycles. The summed E-state index contributed by atoms with van der Waals surface area (Å²) in [6.07, 6.45) is 1.97. The van der Waals surface area contributed by atoms with Crippen LogP contribution < -0.4 is 5.32 Å². The molecule has 0 radical (unpaired) electrons. The molecule has 90 valence electrons. The molecule has 0 bridgehead atoms. The lowest BCUT2D eigenvalue weighted by atomic mass is 10.1. The van der Waals surface area contributed by atoms with Crippen LogP contribution in [0.2, 0.25) is 5.02 Å². The first-order valence-electron chi connectivity index (χ1n) is 5.87. The van der Waals surface area contributed by atoms with E-state index in [1.54, 1.807) is 0 Å². The monoisotopic (exact) mass is 256 g/mol. The maximum absolute atomic E-state index is 5.96. The minimum absolute atomic E-state index is 0.750. The second-order valence-corrected chi connectivity index (χ2v) is 4.66. The molecule has 3 rings (SSSR count). The Hall–Kier alpha value is -1.93. The van der Waals surface area contributed by atoms with E-state index in [0.717, 1.165) is 17.3 Å². The van der Waals surface area contributed by atoms with Crippen LogP contribution in [0, 0.1) is 0 Å². The number of fused-ring (bicyclic) bond motifs is 1. The summed E-state index contributed by atoms with van der Waals surface area (Å²) in [5.41, 5.74) is 3.48. The van der Waals surface area contributed by atoms with E-state index in [2.05, 4.69) is 34.6 Å². The maximum atomic E-state index is 5.96. The topological polar surface area (TPSA) is 27.8 Å². The zero-order valence-electron chi connectivity index (χ0n) is 9.78. The number of halogens is 1. The van der Waals surface area contributed by atoms with Crippen molar-refractivity contribution in [1.29, 1.82) is 0 Å². The highest BCUT2D eigenvalue weighted by Gasteiger charge is 2.01. The average Bonchev–Trinajstić information content (AvgIpc) is 2.85. The van der Waals surface area contributed by atoms with Crippen LogP contribution in [0.15, 0.2) is 54.7 Å². The van der Waals surface area contributed by atoms with Crippen molar-refractivity contribution >= 4 is 28.2 Å². The summed E-state index contributed by atoms with van der Waals surface area (Å²) in [6, 6.07) is 16.1. The van der Waals surface area contributed by atoms with Gasteiger partial charge in [-0.3, -0.25) is 0 Å². The number of benzene rings is 2. The summed E-state index contributed by atoms with van der Waals surface area (Å²) in [5.74, 6) is 0. The van der Waals surface area contributed by atoms with Crippen LogP contribution in [0.5, 0.6) is 0 Å². The normalized spacial score (nSPS) is 10.7. The quantitative estimate of drug-likeness (QED) is 0.713. The SMILES string of the molecule is Clc1cccc(NCc2cccc3[nH]ccc23)c1. The van der Waals surface area contributed by atoms with Crippen LogP contribution in [0.4, 0.5) is 5.69 Å². The molecule has 1 aromatic heterocycles.